The summed E-state index contributed by atoms with van der Waals surface area (Å²) in [6.45, 7) is 6.67. The first kappa shape index (κ1) is 24.2. The molecule has 0 spiro atoms. The molecule has 2 rings (SSSR count). The molecule has 1 heterocycles. The molecule has 1 fully saturated rings. The second-order valence-corrected chi connectivity index (χ2v) is 6.80. The largest absolute Gasteiger partial charge is 0.385 e. The normalized spacial score (nSPS) is 15.5. The van der Waals surface area contributed by atoms with E-state index in [1.165, 1.54) is 11.1 Å². The summed E-state index contributed by atoms with van der Waals surface area (Å²) in [6, 6.07) is 8.91. The van der Waals surface area contributed by atoms with Crippen molar-refractivity contribution in [3.05, 3.63) is 35.4 Å². The van der Waals surface area contributed by atoms with Gasteiger partial charge in [-0.3, -0.25) is 4.99 Å². The van der Waals surface area contributed by atoms with Crippen LogP contribution in [-0.4, -0.2) is 64.0 Å². The van der Waals surface area contributed by atoms with Crippen molar-refractivity contribution in [3.8, 4) is 0 Å². The van der Waals surface area contributed by atoms with Crippen molar-refractivity contribution in [1.29, 1.82) is 0 Å². The number of ether oxygens (including phenoxy) is 2. The Morgan fingerprint density at radius 1 is 1.15 bits per heavy atom. The van der Waals surface area contributed by atoms with Crippen molar-refractivity contribution in [2.75, 3.05) is 47.0 Å². The third-order valence-corrected chi connectivity index (χ3v) is 4.93. The Hall–Kier alpha value is -0.860. The number of nitrogens with one attached hydrogen (secondary N) is 1. The molecule has 154 valence electrons. The Morgan fingerprint density at radius 2 is 1.81 bits per heavy atom. The van der Waals surface area contributed by atoms with Gasteiger partial charge in [-0.05, 0) is 43.2 Å². The summed E-state index contributed by atoms with van der Waals surface area (Å²) >= 11 is 0. The van der Waals surface area contributed by atoms with E-state index in [0.717, 1.165) is 70.9 Å². The molecule has 6 heteroatoms. The second kappa shape index (κ2) is 14.2. The number of rotatable bonds is 9. The van der Waals surface area contributed by atoms with Crippen LogP contribution in [0.15, 0.2) is 29.3 Å². The van der Waals surface area contributed by atoms with Gasteiger partial charge in [-0.15, -0.1) is 24.0 Å². The number of nitrogens with zero attached hydrogens (tertiary/aromatic N) is 2. The van der Waals surface area contributed by atoms with Crippen molar-refractivity contribution in [3.63, 3.8) is 0 Å². The lowest BCUT2D eigenvalue weighted by atomic mass is 10.1. The molecule has 1 aromatic rings. The Kier molecular flexibility index (Phi) is 12.7. The number of methoxy groups -OCH3 is 1. The minimum Gasteiger partial charge on any atom is -0.385 e. The molecular formula is C21H36IN3O2. The third-order valence-electron chi connectivity index (χ3n) is 4.93. The van der Waals surface area contributed by atoms with Gasteiger partial charge in [0.25, 0.3) is 0 Å². The van der Waals surface area contributed by atoms with E-state index in [0.29, 0.717) is 6.10 Å². The van der Waals surface area contributed by atoms with E-state index < -0.39 is 0 Å². The lowest BCUT2D eigenvalue weighted by Crippen LogP contribution is -2.47. The Morgan fingerprint density at radius 3 is 2.41 bits per heavy atom. The average Bonchev–Trinajstić information content (AvgIpc) is 2.70. The summed E-state index contributed by atoms with van der Waals surface area (Å²) < 4.78 is 11.0. The standard InChI is InChI=1S/C21H35N3O2.HI/c1-4-18-6-8-19(9-7-18)10-13-23-21(22-2)24-14-11-20(12-15-24)26-17-5-16-25-3;/h6-9,20H,4-5,10-17H2,1-3H3,(H,22,23);1H. The molecule has 27 heavy (non-hydrogen) atoms. The number of aryl methyl sites for hydroxylation is 1. The van der Waals surface area contributed by atoms with E-state index in [1.54, 1.807) is 7.11 Å². The van der Waals surface area contributed by atoms with E-state index in [2.05, 4.69) is 46.4 Å². The zero-order valence-corrected chi connectivity index (χ0v) is 19.4. The first-order valence-corrected chi connectivity index (χ1v) is 9.90. The number of hydrogen-bond acceptors (Lipinski definition) is 3. The maximum Gasteiger partial charge on any atom is 0.193 e. The Labute approximate surface area is 181 Å². The fraction of sp³-hybridized carbons (Fsp3) is 0.667. The second-order valence-electron chi connectivity index (χ2n) is 6.80. The first-order chi connectivity index (χ1) is 12.8. The number of guanidine groups is 1. The number of aliphatic imine (C=N–C) groups is 1. The van der Waals surface area contributed by atoms with Crippen LogP contribution in [-0.2, 0) is 22.3 Å². The van der Waals surface area contributed by atoms with Crippen LogP contribution in [0.5, 0.6) is 0 Å². The Bertz CT molecular complexity index is 529. The smallest absolute Gasteiger partial charge is 0.193 e. The van der Waals surface area contributed by atoms with Crippen LogP contribution in [0.1, 0.15) is 37.3 Å². The van der Waals surface area contributed by atoms with Crippen LogP contribution >= 0.6 is 24.0 Å². The molecule has 0 bridgehead atoms. The highest BCUT2D eigenvalue weighted by molar-refractivity contribution is 14.0. The maximum atomic E-state index is 5.94. The van der Waals surface area contributed by atoms with E-state index in [1.807, 2.05) is 7.05 Å². The predicted molar refractivity (Wildman–Crippen MR) is 123 cm³/mol. The molecule has 0 amide bonds. The summed E-state index contributed by atoms with van der Waals surface area (Å²) in [6.07, 6.45) is 5.58. The monoisotopic (exact) mass is 489 g/mol. The van der Waals surface area contributed by atoms with E-state index in [4.69, 9.17) is 9.47 Å². The van der Waals surface area contributed by atoms with E-state index >= 15 is 0 Å². The lowest BCUT2D eigenvalue weighted by molar-refractivity contribution is 0.00992. The van der Waals surface area contributed by atoms with Crippen LogP contribution in [0.4, 0.5) is 0 Å². The number of piperidine rings is 1. The van der Waals surface area contributed by atoms with Crippen molar-refractivity contribution >= 4 is 29.9 Å². The SMILES string of the molecule is CCc1ccc(CCNC(=NC)N2CCC(OCCCOC)CC2)cc1.I. The van der Waals surface area contributed by atoms with Gasteiger partial charge in [0.15, 0.2) is 5.96 Å². The third kappa shape index (κ3) is 8.79. The van der Waals surface area contributed by atoms with Crippen molar-refractivity contribution in [2.45, 2.75) is 45.1 Å². The summed E-state index contributed by atoms with van der Waals surface area (Å²) in [5, 5.41) is 3.51. The molecule has 5 nitrogen and oxygen atoms in total. The number of hydrogen-bond donors (Lipinski definition) is 1. The lowest BCUT2D eigenvalue weighted by Gasteiger charge is -2.34. The fourth-order valence-electron chi connectivity index (χ4n) is 3.28. The van der Waals surface area contributed by atoms with Crippen LogP contribution in [0.2, 0.25) is 0 Å². The maximum absolute atomic E-state index is 5.94. The van der Waals surface area contributed by atoms with Gasteiger partial charge in [-0.2, -0.15) is 0 Å². The van der Waals surface area contributed by atoms with E-state index in [-0.39, 0.29) is 24.0 Å². The van der Waals surface area contributed by atoms with Gasteiger partial charge in [0.1, 0.15) is 0 Å². The molecular weight excluding hydrogens is 453 g/mol. The van der Waals surface area contributed by atoms with Gasteiger partial charge in [-0.1, -0.05) is 31.2 Å². The molecule has 1 aliphatic rings. The molecule has 0 aliphatic carbocycles. The van der Waals surface area contributed by atoms with Gasteiger partial charge in [-0.25, -0.2) is 0 Å². The summed E-state index contributed by atoms with van der Waals surface area (Å²) in [5.74, 6) is 1.01. The summed E-state index contributed by atoms with van der Waals surface area (Å²) in [7, 11) is 3.60. The van der Waals surface area contributed by atoms with Gasteiger partial charge >= 0.3 is 0 Å². The number of halogens is 1. The molecule has 0 aromatic heterocycles. The summed E-state index contributed by atoms with van der Waals surface area (Å²) in [5.41, 5.74) is 2.76. The van der Waals surface area contributed by atoms with Crippen LogP contribution in [0.25, 0.3) is 0 Å². The minimum absolute atomic E-state index is 0. The highest BCUT2D eigenvalue weighted by Gasteiger charge is 2.21. The highest BCUT2D eigenvalue weighted by atomic mass is 127. The molecule has 1 aromatic carbocycles. The zero-order chi connectivity index (χ0) is 18.6. The quantitative estimate of drug-likeness (QED) is 0.250. The molecule has 0 saturated carbocycles. The van der Waals surface area contributed by atoms with Gasteiger partial charge < -0.3 is 19.7 Å². The first-order valence-electron chi connectivity index (χ1n) is 9.90. The molecule has 1 aliphatic heterocycles. The summed E-state index contributed by atoms with van der Waals surface area (Å²) in [4.78, 5) is 6.80. The average molecular weight is 489 g/mol. The number of benzene rings is 1. The number of likely N-dealkylation sites (tertiary alicyclic amines) is 1. The van der Waals surface area contributed by atoms with Gasteiger partial charge in [0.2, 0.25) is 0 Å². The molecule has 0 radical (unpaired) electrons. The van der Waals surface area contributed by atoms with Crippen LogP contribution in [0, 0.1) is 0 Å². The topological polar surface area (TPSA) is 46.1 Å². The molecule has 0 unspecified atom stereocenters. The highest BCUT2D eigenvalue weighted by Crippen LogP contribution is 2.14. The van der Waals surface area contributed by atoms with Crippen LogP contribution in [0.3, 0.4) is 0 Å². The van der Waals surface area contributed by atoms with Gasteiger partial charge in [0, 0.05) is 47.0 Å². The van der Waals surface area contributed by atoms with Crippen molar-refractivity contribution in [2.24, 2.45) is 4.99 Å². The fourth-order valence-corrected chi connectivity index (χ4v) is 3.28. The Balaban J connectivity index is 0.00000364. The van der Waals surface area contributed by atoms with E-state index in [9.17, 15) is 0 Å². The minimum atomic E-state index is 0. The molecule has 1 saturated heterocycles. The predicted octanol–water partition coefficient (Wildman–Crippen LogP) is 3.50. The van der Waals surface area contributed by atoms with Crippen molar-refractivity contribution < 1.29 is 9.47 Å². The van der Waals surface area contributed by atoms with Crippen LogP contribution < -0.4 is 5.32 Å². The molecule has 1 N–H and O–H groups in total. The van der Waals surface area contributed by atoms with Gasteiger partial charge in [0.05, 0.1) is 6.10 Å². The molecule has 0 atom stereocenters. The zero-order valence-electron chi connectivity index (χ0n) is 17.1. The van der Waals surface area contributed by atoms with Crippen molar-refractivity contribution in [1.82, 2.24) is 10.2 Å².